The number of nitrogens with one attached hydrogen (secondary N) is 1. The number of hydrogen-bond donors (Lipinski definition) is 1. The van der Waals surface area contributed by atoms with Gasteiger partial charge in [0, 0.05) is 6.04 Å². The molecular formula is C15H26N2O2. The van der Waals surface area contributed by atoms with Crippen LogP contribution in [0.5, 0.6) is 0 Å². The van der Waals surface area contributed by atoms with E-state index in [4.69, 9.17) is 0 Å². The van der Waals surface area contributed by atoms with Gasteiger partial charge in [-0.2, -0.15) is 0 Å². The lowest BCUT2D eigenvalue weighted by Gasteiger charge is -2.52. The number of piperazine rings is 1. The van der Waals surface area contributed by atoms with Crippen LogP contribution < -0.4 is 5.32 Å². The summed E-state index contributed by atoms with van der Waals surface area (Å²) < 4.78 is 0. The molecule has 0 radical (unpaired) electrons. The van der Waals surface area contributed by atoms with Gasteiger partial charge in [0.25, 0.3) is 0 Å². The topological polar surface area (TPSA) is 49.4 Å². The summed E-state index contributed by atoms with van der Waals surface area (Å²) in [5, 5.41) is 2.89. The van der Waals surface area contributed by atoms with Crippen LogP contribution in [0.25, 0.3) is 0 Å². The van der Waals surface area contributed by atoms with Gasteiger partial charge in [-0.3, -0.25) is 9.59 Å². The largest absolute Gasteiger partial charge is 0.343 e. The van der Waals surface area contributed by atoms with Crippen molar-refractivity contribution >= 4 is 11.8 Å². The van der Waals surface area contributed by atoms with Crippen LogP contribution in [0.3, 0.4) is 0 Å². The van der Waals surface area contributed by atoms with Crippen LogP contribution in [0.4, 0.5) is 0 Å². The second-order valence-electron chi connectivity index (χ2n) is 5.97. The molecule has 1 aliphatic heterocycles. The molecule has 108 valence electrons. The summed E-state index contributed by atoms with van der Waals surface area (Å²) >= 11 is 0. The lowest BCUT2D eigenvalue weighted by Crippen LogP contribution is -2.72. The molecule has 1 atom stereocenters. The number of carbonyl (C=O) groups is 2. The number of hydrogen-bond acceptors (Lipinski definition) is 2. The first-order chi connectivity index (χ1) is 9.06. The quantitative estimate of drug-likeness (QED) is 0.851. The van der Waals surface area contributed by atoms with Crippen LogP contribution in [-0.2, 0) is 9.59 Å². The summed E-state index contributed by atoms with van der Waals surface area (Å²) in [6.07, 6.45) is 6.77. The third-order valence-corrected chi connectivity index (χ3v) is 4.83. The molecule has 0 bridgehead atoms. The van der Waals surface area contributed by atoms with Crippen molar-refractivity contribution in [2.24, 2.45) is 0 Å². The first kappa shape index (κ1) is 14.4. The Balaban J connectivity index is 2.39. The Hall–Kier alpha value is -1.06. The molecule has 1 unspecified atom stereocenters. The second kappa shape index (κ2) is 5.51. The maximum Gasteiger partial charge on any atom is 0.246 e. The molecule has 4 nitrogen and oxygen atoms in total. The Bertz CT molecular complexity index is 357. The number of amides is 2. The highest BCUT2D eigenvalue weighted by Gasteiger charge is 2.53. The second-order valence-corrected chi connectivity index (χ2v) is 5.97. The molecule has 2 fully saturated rings. The van der Waals surface area contributed by atoms with Crippen molar-refractivity contribution in [2.45, 2.75) is 83.3 Å². The molecule has 2 amide bonds. The van der Waals surface area contributed by atoms with Gasteiger partial charge in [0.05, 0.1) is 0 Å². The van der Waals surface area contributed by atoms with E-state index in [0.717, 1.165) is 38.5 Å². The van der Waals surface area contributed by atoms with E-state index in [1.165, 1.54) is 6.42 Å². The van der Waals surface area contributed by atoms with Crippen molar-refractivity contribution in [2.75, 3.05) is 0 Å². The van der Waals surface area contributed by atoms with E-state index in [9.17, 15) is 9.59 Å². The average Bonchev–Trinajstić information content (AvgIpc) is 2.43. The SMILES string of the molecule is CCC(CC)N1C(=O)C(C)NC(=O)C12CCCCC2. The lowest BCUT2D eigenvalue weighted by molar-refractivity contribution is -0.163. The van der Waals surface area contributed by atoms with Crippen molar-refractivity contribution in [3.05, 3.63) is 0 Å². The van der Waals surface area contributed by atoms with E-state index in [1.807, 2.05) is 4.90 Å². The van der Waals surface area contributed by atoms with E-state index in [1.54, 1.807) is 6.92 Å². The van der Waals surface area contributed by atoms with Crippen molar-refractivity contribution in [1.82, 2.24) is 10.2 Å². The monoisotopic (exact) mass is 266 g/mol. The van der Waals surface area contributed by atoms with Gasteiger partial charge < -0.3 is 10.2 Å². The fourth-order valence-corrected chi connectivity index (χ4v) is 3.71. The molecule has 2 rings (SSSR count). The van der Waals surface area contributed by atoms with Gasteiger partial charge in [-0.05, 0) is 32.6 Å². The van der Waals surface area contributed by atoms with Crippen molar-refractivity contribution < 1.29 is 9.59 Å². The predicted octanol–water partition coefficient (Wildman–Crippen LogP) is 2.22. The minimum atomic E-state index is -0.557. The van der Waals surface area contributed by atoms with Crippen LogP contribution in [0.1, 0.15) is 65.7 Å². The zero-order valence-corrected chi connectivity index (χ0v) is 12.4. The lowest BCUT2D eigenvalue weighted by atomic mass is 9.76. The molecule has 0 aromatic heterocycles. The van der Waals surface area contributed by atoms with Gasteiger partial charge >= 0.3 is 0 Å². The highest BCUT2D eigenvalue weighted by Crippen LogP contribution is 2.38. The molecule has 19 heavy (non-hydrogen) atoms. The number of nitrogens with zero attached hydrogens (tertiary/aromatic N) is 1. The van der Waals surface area contributed by atoms with Crippen molar-refractivity contribution in [3.63, 3.8) is 0 Å². The number of carbonyl (C=O) groups excluding carboxylic acids is 2. The maximum atomic E-state index is 12.6. The first-order valence-electron chi connectivity index (χ1n) is 7.71. The zero-order chi connectivity index (χ0) is 14.0. The Kier molecular flexibility index (Phi) is 4.16. The van der Waals surface area contributed by atoms with Crippen LogP contribution >= 0.6 is 0 Å². The minimum Gasteiger partial charge on any atom is -0.343 e. The third-order valence-electron chi connectivity index (χ3n) is 4.83. The van der Waals surface area contributed by atoms with E-state index in [2.05, 4.69) is 19.2 Å². The molecule has 1 heterocycles. The molecule has 0 aromatic carbocycles. The first-order valence-corrected chi connectivity index (χ1v) is 7.71. The maximum absolute atomic E-state index is 12.6. The zero-order valence-electron chi connectivity index (χ0n) is 12.4. The highest BCUT2D eigenvalue weighted by atomic mass is 16.2. The van der Waals surface area contributed by atoms with Crippen LogP contribution in [-0.4, -0.2) is 34.3 Å². The average molecular weight is 266 g/mol. The van der Waals surface area contributed by atoms with Gasteiger partial charge in [-0.15, -0.1) is 0 Å². The van der Waals surface area contributed by atoms with Crippen molar-refractivity contribution in [3.8, 4) is 0 Å². The Morgan fingerprint density at radius 1 is 1.21 bits per heavy atom. The molecule has 0 aromatic rings. The summed E-state index contributed by atoms with van der Waals surface area (Å²) in [5.74, 6) is 0.182. The molecule has 1 saturated carbocycles. The highest BCUT2D eigenvalue weighted by molar-refractivity contribution is 5.99. The molecule has 1 spiro atoms. The van der Waals surface area contributed by atoms with Gasteiger partial charge in [0.1, 0.15) is 11.6 Å². The predicted molar refractivity (Wildman–Crippen MR) is 74.6 cm³/mol. The van der Waals surface area contributed by atoms with Gasteiger partial charge in [-0.25, -0.2) is 0 Å². The normalized spacial score (nSPS) is 26.9. The number of rotatable bonds is 3. The third kappa shape index (κ3) is 2.26. The Morgan fingerprint density at radius 2 is 1.79 bits per heavy atom. The van der Waals surface area contributed by atoms with E-state index < -0.39 is 5.54 Å². The van der Waals surface area contributed by atoms with Gasteiger partial charge in [0.15, 0.2) is 0 Å². The van der Waals surface area contributed by atoms with Gasteiger partial charge in [-0.1, -0.05) is 33.1 Å². The van der Waals surface area contributed by atoms with Gasteiger partial charge in [0.2, 0.25) is 11.8 Å². The standard InChI is InChI=1S/C15H26N2O2/c1-4-12(5-2)17-13(18)11(3)16-14(19)15(17)9-7-6-8-10-15/h11-12H,4-10H2,1-3H3,(H,16,19). The smallest absolute Gasteiger partial charge is 0.246 e. The summed E-state index contributed by atoms with van der Waals surface area (Å²) in [7, 11) is 0. The molecule has 2 aliphatic rings. The van der Waals surface area contributed by atoms with Crippen LogP contribution in [0, 0.1) is 0 Å². The molecule has 1 N–H and O–H groups in total. The molecular weight excluding hydrogens is 240 g/mol. The van der Waals surface area contributed by atoms with E-state index >= 15 is 0 Å². The minimum absolute atomic E-state index is 0.0752. The summed E-state index contributed by atoms with van der Waals surface area (Å²) in [6.45, 7) is 6.01. The molecule has 1 saturated heterocycles. The van der Waals surface area contributed by atoms with Crippen LogP contribution in [0.15, 0.2) is 0 Å². The van der Waals surface area contributed by atoms with E-state index in [0.29, 0.717) is 0 Å². The Labute approximate surface area is 115 Å². The van der Waals surface area contributed by atoms with Crippen LogP contribution in [0.2, 0.25) is 0 Å². The molecule has 1 aliphatic carbocycles. The Morgan fingerprint density at radius 3 is 2.32 bits per heavy atom. The molecule has 4 heteroatoms. The summed E-state index contributed by atoms with van der Waals surface area (Å²) in [4.78, 5) is 27.1. The fourth-order valence-electron chi connectivity index (χ4n) is 3.71. The van der Waals surface area contributed by atoms with Crippen molar-refractivity contribution in [1.29, 1.82) is 0 Å². The summed E-state index contributed by atoms with van der Waals surface area (Å²) in [6, 6.07) is -0.181. The van der Waals surface area contributed by atoms with E-state index in [-0.39, 0.29) is 23.9 Å². The summed E-state index contributed by atoms with van der Waals surface area (Å²) in [5.41, 5.74) is -0.557. The fraction of sp³-hybridized carbons (Fsp3) is 0.867.